The zero-order chi connectivity index (χ0) is 5.41. The fourth-order valence-corrected chi connectivity index (χ4v) is 0. The van der Waals surface area contributed by atoms with Gasteiger partial charge in [-0.3, -0.25) is 0 Å². The third-order valence-electron chi connectivity index (χ3n) is 0. The van der Waals surface area contributed by atoms with E-state index in [-0.39, 0.29) is 21.1 Å². The quantitative estimate of drug-likeness (QED) is 0.434. The molecule has 0 atom stereocenters. The molecular weight excluding hydrogens is 281 g/mol. The number of rotatable bonds is 0. The topological polar surface area (TPSA) is 80.3 Å². The minimum absolute atomic E-state index is 0. The average molecular weight is 281 g/mol. The van der Waals surface area contributed by atoms with E-state index in [0.29, 0.717) is 0 Å². The summed E-state index contributed by atoms with van der Waals surface area (Å²) in [6, 6.07) is 0. The molecule has 0 aromatic rings. The van der Waals surface area contributed by atoms with Crippen LogP contribution in [0.4, 0.5) is 0 Å². The fourth-order valence-electron chi connectivity index (χ4n) is 0. The van der Waals surface area contributed by atoms with Crippen molar-refractivity contribution in [1.29, 1.82) is 0 Å². The number of hydrogen-bond donors (Lipinski definition) is 0. The van der Waals surface area contributed by atoms with E-state index in [0.717, 1.165) is 0 Å². The van der Waals surface area contributed by atoms with Crippen LogP contribution < -0.4 is 10.0 Å². The van der Waals surface area contributed by atoms with Crippen molar-refractivity contribution in [3.8, 4) is 0 Å². The van der Waals surface area contributed by atoms with Crippen molar-refractivity contribution in [1.82, 2.24) is 0 Å². The van der Waals surface area contributed by atoms with Crippen molar-refractivity contribution in [2.45, 2.75) is 0 Å². The van der Waals surface area contributed by atoms with Crippen molar-refractivity contribution in [3.05, 3.63) is 0 Å². The predicted molar refractivity (Wildman–Crippen MR) is 12.9 cm³/mol. The van der Waals surface area contributed by atoms with E-state index in [2.05, 4.69) is 0 Å². The Labute approximate surface area is 55.8 Å². The molecule has 0 spiro atoms. The van der Waals surface area contributed by atoms with E-state index in [1.807, 2.05) is 0 Å². The SMILES string of the molecule is O=B[O-].O=B[O-].[Pt+2]. The first kappa shape index (κ1) is 15.7. The molecule has 4 nitrogen and oxygen atoms in total. The van der Waals surface area contributed by atoms with Gasteiger partial charge in [0.2, 0.25) is 0 Å². The van der Waals surface area contributed by atoms with Gasteiger partial charge in [0.15, 0.2) is 0 Å². The molecule has 7 heteroatoms. The predicted octanol–water partition coefficient (Wildman–Crippen LogP) is -3.38. The summed E-state index contributed by atoms with van der Waals surface area (Å²) in [4.78, 5) is 0. The molecule has 0 aliphatic carbocycles. The molecule has 0 heterocycles. The molecule has 0 saturated heterocycles. The zero-order valence-electron chi connectivity index (χ0n) is 3.10. The maximum atomic E-state index is 8.25. The second-order valence-electron chi connectivity index (χ2n) is 0.192. The molecule has 0 saturated carbocycles. The van der Waals surface area contributed by atoms with E-state index < -0.39 is 14.7 Å². The molecule has 0 fully saturated rings. The van der Waals surface area contributed by atoms with Crippen molar-refractivity contribution < 1.29 is 40.5 Å². The van der Waals surface area contributed by atoms with Crippen LogP contribution in [0.25, 0.3) is 0 Å². The van der Waals surface area contributed by atoms with Crippen LogP contribution in [0.5, 0.6) is 0 Å². The van der Waals surface area contributed by atoms with E-state index in [1.165, 1.54) is 0 Å². The van der Waals surface area contributed by atoms with Gasteiger partial charge in [0.1, 0.15) is 0 Å². The summed E-state index contributed by atoms with van der Waals surface area (Å²) >= 11 is 0. The molecule has 7 heavy (non-hydrogen) atoms. The van der Waals surface area contributed by atoms with Gasteiger partial charge in [-0.1, -0.05) is 0 Å². The molecule has 0 aliphatic heterocycles. The Kier molecular flexibility index (Phi) is 83.7. The first-order chi connectivity index (χ1) is 2.83. The van der Waals surface area contributed by atoms with Crippen LogP contribution in [0.3, 0.4) is 0 Å². The standard InChI is InChI=1S/2BO2.Pt/c2*2-1-3;/q2*-1;+2. The van der Waals surface area contributed by atoms with Crippen molar-refractivity contribution in [2.24, 2.45) is 0 Å². The Morgan fingerprint density at radius 2 is 1.00 bits per heavy atom. The number of hydrogen-bond acceptors (Lipinski definition) is 4. The minimum Gasteiger partial charge on any atom is 2.00 e. The summed E-state index contributed by atoms with van der Waals surface area (Å²) in [6.45, 7) is 0. The molecule has 0 N–H and O–H groups in total. The summed E-state index contributed by atoms with van der Waals surface area (Å²) < 4.78 is 16.5. The largest absolute Gasteiger partial charge is 2.00 e. The van der Waals surface area contributed by atoms with E-state index in [4.69, 9.17) is 19.5 Å². The average Bonchev–Trinajstić information content (AvgIpc) is 1.39. The van der Waals surface area contributed by atoms with E-state index in [1.54, 1.807) is 0 Å². The summed E-state index contributed by atoms with van der Waals surface area (Å²) in [5, 5.41) is 16.5. The molecule has 0 aliphatic rings. The van der Waals surface area contributed by atoms with Crippen LogP contribution in [0, 0.1) is 0 Å². The molecule has 0 rings (SSSR count). The van der Waals surface area contributed by atoms with Crippen LogP contribution in [0.1, 0.15) is 0 Å². The van der Waals surface area contributed by atoms with Gasteiger partial charge >= 0.3 is 55.2 Å². The Hall–Kier alpha value is 0.0182. The van der Waals surface area contributed by atoms with Gasteiger partial charge in [0.05, 0.1) is 0 Å². The molecule has 0 aromatic heterocycles. The third-order valence-corrected chi connectivity index (χ3v) is 0. The second-order valence-corrected chi connectivity index (χ2v) is 0.192. The molecule has 40 valence electrons. The molecule has 0 aromatic carbocycles. The van der Waals surface area contributed by atoms with Gasteiger partial charge in [-0.05, 0) is 0 Å². The minimum atomic E-state index is -0.500. The van der Waals surface area contributed by atoms with Crippen LogP contribution in [-0.4, -0.2) is 14.7 Å². The summed E-state index contributed by atoms with van der Waals surface area (Å²) in [5.74, 6) is 0. The zero-order valence-corrected chi connectivity index (χ0v) is 5.38. The van der Waals surface area contributed by atoms with E-state index >= 15 is 0 Å². The van der Waals surface area contributed by atoms with Gasteiger partial charge in [-0.25, -0.2) is 0 Å². The first-order valence-electron chi connectivity index (χ1n) is 0.943. The van der Waals surface area contributed by atoms with Crippen LogP contribution >= 0.6 is 0 Å². The fraction of sp³-hybridized carbons (Fsp3) is 0. The van der Waals surface area contributed by atoms with Crippen LogP contribution in [0.2, 0.25) is 0 Å². The maximum absolute atomic E-state index is 8.25. The molecule has 0 bridgehead atoms. The maximum Gasteiger partial charge on any atom is 2.00 e. The van der Waals surface area contributed by atoms with E-state index in [9.17, 15) is 0 Å². The summed E-state index contributed by atoms with van der Waals surface area (Å²) in [6.07, 6.45) is 0. The monoisotopic (exact) mass is 281 g/mol. The third kappa shape index (κ3) is 294000. The normalized spacial score (nSPS) is 2.29. The molecule has 0 amide bonds. The second kappa shape index (κ2) is 37.2. The van der Waals surface area contributed by atoms with Crippen molar-refractivity contribution in [3.63, 3.8) is 0 Å². The smallest absolute Gasteiger partial charge is 2.00 e. The van der Waals surface area contributed by atoms with Crippen LogP contribution in [-0.2, 0) is 30.5 Å². The van der Waals surface area contributed by atoms with Crippen LogP contribution in [0.15, 0.2) is 0 Å². The Bertz CT molecular complexity index is 30.7. The summed E-state index contributed by atoms with van der Waals surface area (Å²) in [5.41, 5.74) is 0. The Balaban J connectivity index is -0.0000000400. The Morgan fingerprint density at radius 3 is 1.00 bits per heavy atom. The summed E-state index contributed by atoms with van der Waals surface area (Å²) in [7, 11) is -1.00. The molecular formula is B2O4Pt. The van der Waals surface area contributed by atoms with Gasteiger partial charge < -0.3 is 0 Å². The van der Waals surface area contributed by atoms with Gasteiger partial charge in [0, 0.05) is 0 Å². The van der Waals surface area contributed by atoms with Gasteiger partial charge in [-0.2, -0.15) is 0 Å². The first-order valence-corrected chi connectivity index (χ1v) is 0.943. The Morgan fingerprint density at radius 1 is 1.00 bits per heavy atom. The van der Waals surface area contributed by atoms with Crippen molar-refractivity contribution in [2.75, 3.05) is 0 Å². The van der Waals surface area contributed by atoms with Gasteiger partial charge in [0.25, 0.3) is 0 Å². The van der Waals surface area contributed by atoms with Crippen molar-refractivity contribution >= 4 is 14.7 Å². The molecule has 0 radical (unpaired) electrons. The van der Waals surface area contributed by atoms with Gasteiger partial charge in [-0.15, -0.1) is 0 Å². The molecule has 0 unspecified atom stereocenters.